The molecule has 136 valence electrons. The number of nitrogens with two attached hydrogens (primary N) is 3. The molecular weight excluding hydrogens is 334 g/mol. The molecule has 26 heavy (non-hydrogen) atoms. The van der Waals surface area contributed by atoms with Crippen molar-refractivity contribution in [3.63, 3.8) is 0 Å². The second-order valence-corrected chi connectivity index (χ2v) is 5.85. The lowest BCUT2D eigenvalue weighted by Crippen LogP contribution is -2.26. The molecular formula is C18H21N5O3. The first-order valence-corrected chi connectivity index (χ1v) is 7.80. The molecule has 7 N–H and O–H groups in total. The molecule has 0 atom stereocenters. The summed E-state index contributed by atoms with van der Waals surface area (Å²) in [5, 5.41) is 2.61. The molecule has 8 heteroatoms. The monoisotopic (exact) mass is 355 g/mol. The highest BCUT2D eigenvalue weighted by Crippen LogP contribution is 2.24. The van der Waals surface area contributed by atoms with Gasteiger partial charge in [-0.15, -0.1) is 0 Å². The third-order valence-electron chi connectivity index (χ3n) is 3.88. The summed E-state index contributed by atoms with van der Waals surface area (Å²) in [6.45, 7) is -0.00232. The maximum Gasteiger partial charge on any atom is 0.255 e. The van der Waals surface area contributed by atoms with Crippen molar-refractivity contribution in [1.29, 1.82) is 0 Å². The van der Waals surface area contributed by atoms with E-state index in [4.69, 9.17) is 17.2 Å². The van der Waals surface area contributed by atoms with Gasteiger partial charge in [0.15, 0.2) is 0 Å². The van der Waals surface area contributed by atoms with E-state index in [9.17, 15) is 14.4 Å². The molecule has 0 aliphatic rings. The summed E-state index contributed by atoms with van der Waals surface area (Å²) in [5.41, 5.74) is 17.8. The minimum atomic E-state index is -0.883. The Morgan fingerprint density at radius 1 is 1.00 bits per heavy atom. The molecule has 0 saturated carbocycles. The summed E-state index contributed by atoms with van der Waals surface area (Å²) in [6, 6.07) is 9.93. The van der Waals surface area contributed by atoms with Crippen LogP contribution in [0, 0.1) is 0 Å². The molecule has 0 aromatic heterocycles. The molecule has 0 saturated heterocycles. The van der Waals surface area contributed by atoms with Crippen LogP contribution in [-0.2, 0) is 6.54 Å². The molecule has 2 rings (SSSR count). The zero-order valence-electron chi connectivity index (χ0n) is 14.6. The second-order valence-electron chi connectivity index (χ2n) is 5.85. The van der Waals surface area contributed by atoms with Crippen molar-refractivity contribution in [3.8, 4) is 0 Å². The maximum absolute atomic E-state index is 12.6. The van der Waals surface area contributed by atoms with E-state index in [0.717, 1.165) is 5.69 Å². The Morgan fingerprint density at radius 2 is 1.65 bits per heavy atom. The first-order valence-electron chi connectivity index (χ1n) is 7.80. The Labute approximate surface area is 150 Å². The largest absolute Gasteiger partial charge is 0.378 e. The number of carbonyl (C=O) groups is 3. The normalized spacial score (nSPS) is 10.3. The summed E-state index contributed by atoms with van der Waals surface area (Å²) in [6.07, 6.45) is 0. The minimum absolute atomic E-state index is 0.00232. The summed E-state index contributed by atoms with van der Waals surface area (Å²) >= 11 is 0. The highest BCUT2D eigenvalue weighted by molar-refractivity contribution is 6.14. The summed E-state index contributed by atoms with van der Waals surface area (Å²) < 4.78 is 0. The standard InChI is InChI=1S/C18H21N5O3/c1-23(2)12-5-3-4-10(8-12)18(26)22-13-7-6-11(9-19)14(16(20)24)15(13)17(21)25/h3-8H,9,19H2,1-2H3,(H2,20,24)(H2,21,25)(H,22,26). The predicted molar refractivity (Wildman–Crippen MR) is 100 cm³/mol. The van der Waals surface area contributed by atoms with E-state index in [1.54, 1.807) is 18.2 Å². The van der Waals surface area contributed by atoms with Crippen LogP contribution in [0.1, 0.15) is 36.6 Å². The Kier molecular flexibility index (Phi) is 5.58. The highest BCUT2D eigenvalue weighted by Gasteiger charge is 2.22. The average molecular weight is 355 g/mol. The fraction of sp³-hybridized carbons (Fsp3) is 0.167. The van der Waals surface area contributed by atoms with Gasteiger partial charge in [-0.2, -0.15) is 0 Å². The summed E-state index contributed by atoms with van der Waals surface area (Å²) in [5.74, 6) is -2.18. The molecule has 0 unspecified atom stereocenters. The number of primary amides is 2. The zero-order valence-corrected chi connectivity index (χ0v) is 14.6. The molecule has 0 fully saturated rings. The number of amides is 3. The topological polar surface area (TPSA) is 145 Å². The molecule has 0 radical (unpaired) electrons. The fourth-order valence-corrected chi connectivity index (χ4v) is 2.58. The number of benzene rings is 2. The first kappa shape index (κ1) is 18.9. The quantitative estimate of drug-likeness (QED) is 0.601. The minimum Gasteiger partial charge on any atom is -0.378 e. The number of nitrogens with one attached hydrogen (secondary N) is 1. The van der Waals surface area contributed by atoms with Crippen LogP contribution in [0.5, 0.6) is 0 Å². The Balaban J connectivity index is 2.48. The predicted octanol–water partition coefficient (Wildman–Crippen LogP) is 0.661. The number of nitrogens with zero attached hydrogens (tertiary/aromatic N) is 1. The van der Waals surface area contributed by atoms with Crippen molar-refractivity contribution >= 4 is 29.1 Å². The van der Waals surface area contributed by atoms with Gasteiger partial charge in [0.1, 0.15) is 0 Å². The van der Waals surface area contributed by atoms with E-state index in [1.807, 2.05) is 25.1 Å². The molecule has 0 heterocycles. The van der Waals surface area contributed by atoms with Crippen LogP contribution in [0.25, 0.3) is 0 Å². The fourth-order valence-electron chi connectivity index (χ4n) is 2.58. The molecule has 2 aromatic carbocycles. The van der Waals surface area contributed by atoms with Crippen LogP contribution in [0.15, 0.2) is 36.4 Å². The molecule has 3 amide bonds. The second kappa shape index (κ2) is 7.66. The van der Waals surface area contributed by atoms with Crippen molar-refractivity contribution in [2.45, 2.75) is 6.54 Å². The van der Waals surface area contributed by atoms with Crippen molar-refractivity contribution in [2.24, 2.45) is 17.2 Å². The molecule has 0 spiro atoms. The third-order valence-corrected chi connectivity index (χ3v) is 3.88. The lowest BCUT2D eigenvalue weighted by Gasteiger charge is -2.16. The van der Waals surface area contributed by atoms with Crippen LogP contribution in [0.4, 0.5) is 11.4 Å². The summed E-state index contributed by atoms with van der Waals surface area (Å²) in [4.78, 5) is 38.1. The number of carbonyl (C=O) groups excluding carboxylic acids is 3. The van der Waals surface area contributed by atoms with Gasteiger partial charge in [-0.1, -0.05) is 12.1 Å². The van der Waals surface area contributed by atoms with Gasteiger partial charge >= 0.3 is 0 Å². The smallest absolute Gasteiger partial charge is 0.255 e. The average Bonchev–Trinajstić information content (AvgIpc) is 2.60. The molecule has 0 aliphatic heterocycles. The van der Waals surface area contributed by atoms with Crippen LogP contribution in [0.3, 0.4) is 0 Å². The van der Waals surface area contributed by atoms with Gasteiger partial charge in [0, 0.05) is 31.9 Å². The van der Waals surface area contributed by atoms with Gasteiger partial charge in [-0.3, -0.25) is 14.4 Å². The highest BCUT2D eigenvalue weighted by atomic mass is 16.2. The maximum atomic E-state index is 12.6. The van der Waals surface area contributed by atoms with Gasteiger partial charge < -0.3 is 27.4 Å². The summed E-state index contributed by atoms with van der Waals surface area (Å²) in [7, 11) is 3.71. The number of hydrogen-bond acceptors (Lipinski definition) is 5. The van der Waals surface area contributed by atoms with Crippen LogP contribution in [-0.4, -0.2) is 31.8 Å². The van der Waals surface area contributed by atoms with Crippen molar-refractivity contribution in [2.75, 3.05) is 24.3 Å². The van der Waals surface area contributed by atoms with Crippen LogP contribution >= 0.6 is 0 Å². The van der Waals surface area contributed by atoms with E-state index in [-0.39, 0.29) is 23.4 Å². The number of rotatable bonds is 6. The lowest BCUT2D eigenvalue weighted by molar-refractivity contribution is 0.0966. The first-order chi connectivity index (χ1) is 12.3. The van der Waals surface area contributed by atoms with Gasteiger partial charge in [-0.25, -0.2) is 0 Å². The lowest BCUT2D eigenvalue weighted by atomic mass is 9.97. The molecule has 0 aliphatic carbocycles. The van der Waals surface area contributed by atoms with E-state index in [0.29, 0.717) is 11.1 Å². The van der Waals surface area contributed by atoms with Crippen molar-refractivity contribution in [1.82, 2.24) is 0 Å². The number of hydrogen-bond donors (Lipinski definition) is 4. The number of anilines is 2. The van der Waals surface area contributed by atoms with Gasteiger partial charge in [-0.05, 0) is 29.8 Å². The molecule has 8 nitrogen and oxygen atoms in total. The third kappa shape index (κ3) is 3.81. The van der Waals surface area contributed by atoms with Crippen LogP contribution in [0.2, 0.25) is 0 Å². The molecule has 2 aromatic rings. The Bertz CT molecular complexity index is 877. The van der Waals surface area contributed by atoms with E-state index < -0.39 is 17.7 Å². The van der Waals surface area contributed by atoms with E-state index in [2.05, 4.69) is 5.32 Å². The SMILES string of the molecule is CN(C)c1cccc(C(=O)Nc2ccc(CN)c(C(N)=O)c2C(N)=O)c1. The molecule has 0 bridgehead atoms. The van der Waals surface area contributed by atoms with Crippen LogP contribution < -0.4 is 27.4 Å². The van der Waals surface area contributed by atoms with Crippen molar-refractivity contribution in [3.05, 3.63) is 58.7 Å². The zero-order chi connectivity index (χ0) is 19.4. The van der Waals surface area contributed by atoms with E-state index >= 15 is 0 Å². The van der Waals surface area contributed by atoms with E-state index in [1.165, 1.54) is 12.1 Å². The van der Waals surface area contributed by atoms with Crippen molar-refractivity contribution < 1.29 is 14.4 Å². The van der Waals surface area contributed by atoms with Gasteiger partial charge in [0.2, 0.25) is 5.91 Å². The Hall–Kier alpha value is -3.39. The van der Waals surface area contributed by atoms with Gasteiger partial charge in [0.25, 0.3) is 11.8 Å². The van der Waals surface area contributed by atoms with Gasteiger partial charge in [0.05, 0.1) is 16.8 Å². The Morgan fingerprint density at radius 3 is 2.19 bits per heavy atom.